The first-order chi connectivity index (χ1) is 10.6. The standard InChI is InChI=1S/C15H17BrN2O4/c16-12-8-4-3-7-11(12)14(20)18-17-13(19)9-22-15(21)10-5-1-2-6-10/h3-4,7-8,10H,1-2,5-6,9H2,(H,17,19)(H,18,20). The Morgan fingerprint density at radius 1 is 1.14 bits per heavy atom. The second-order valence-electron chi connectivity index (χ2n) is 5.07. The van der Waals surface area contributed by atoms with E-state index in [0.29, 0.717) is 10.0 Å². The summed E-state index contributed by atoms with van der Waals surface area (Å²) < 4.78 is 5.56. The van der Waals surface area contributed by atoms with Crippen LogP contribution < -0.4 is 10.9 Å². The van der Waals surface area contributed by atoms with Crippen molar-refractivity contribution in [3.63, 3.8) is 0 Å². The number of hydrogen-bond donors (Lipinski definition) is 2. The Balaban J connectivity index is 1.72. The van der Waals surface area contributed by atoms with Gasteiger partial charge in [-0.15, -0.1) is 0 Å². The van der Waals surface area contributed by atoms with Crippen molar-refractivity contribution in [2.24, 2.45) is 5.92 Å². The summed E-state index contributed by atoms with van der Waals surface area (Å²) in [7, 11) is 0. The number of halogens is 1. The number of esters is 1. The van der Waals surface area contributed by atoms with E-state index in [-0.39, 0.29) is 11.9 Å². The zero-order valence-corrected chi connectivity index (χ0v) is 13.5. The molecule has 2 amide bonds. The number of amides is 2. The van der Waals surface area contributed by atoms with E-state index < -0.39 is 18.4 Å². The van der Waals surface area contributed by atoms with Crippen LogP contribution in [0.25, 0.3) is 0 Å². The van der Waals surface area contributed by atoms with Crippen LogP contribution in [0.3, 0.4) is 0 Å². The van der Waals surface area contributed by atoms with Crippen molar-refractivity contribution in [1.82, 2.24) is 10.9 Å². The van der Waals surface area contributed by atoms with E-state index in [1.807, 2.05) is 0 Å². The first-order valence-corrected chi connectivity index (χ1v) is 7.87. The highest BCUT2D eigenvalue weighted by molar-refractivity contribution is 9.10. The molecule has 0 atom stereocenters. The van der Waals surface area contributed by atoms with Gasteiger partial charge in [0.1, 0.15) is 0 Å². The lowest BCUT2D eigenvalue weighted by Crippen LogP contribution is -2.43. The number of hydrogen-bond acceptors (Lipinski definition) is 4. The number of hydrazine groups is 1. The van der Waals surface area contributed by atoms with Crippen LogP contribution in [-0.2, 0) is 14.3 Å². The second kappa shape index (κ2) is 7.93. The molecule has 2 N–H and O–H groups in total. The number of carbonyl (C=O) groups is 3. The average molecular weight is 369 g/mol. The molecule has 1 aromatic carbocycles. The summed E-state index contributed by atoms with van der Waals surface area (Å²) in [5.74, 6) is -1.47. The SMILES string of the molecule is O=C(COC(=O)C1CCCC1)NNC(=O)c1ccccc1Br. The van der Waals surface area contributed by atoms with E-state index in [9.17, 15) is 14.4 Å². The third kappa shape index (κ3) is 4.56. The molecule has 0 aliphatic heterocycles. The Bertz CT molecular complexity index is 570. The topological polar surface area (TPSA) is 84.5 Å². The first kappa shape index (κ1) is 16.5. The normalized spacial score (nSPS) is 14.4. The van der Waals surface area contributed by atoms with E-state index in [0.717, 1.165) is 25.7 Å². The molecule has 0 aromatic heterocycles. The Morgan fingerprint density at radius 2 is 1.82 bits per heavy atom. The lowest BCUT2D eigenvalue weighted by atomic mass is 10.1. The zero-order chi connectivity index (χ0) is 15.9. The van der Waals surface area contributed by atoms with Gasteiger partial charge in [-0.2, -0.15) is 0 Å². The van der Waals surface area contributed by atoms with Crippen molar-refractivity contribution < 1.29 is 19.1 Å². The summed E-state index contributed by atoms with van der Waals surface area (Å²) in [6, 6.07) is 6.83. The van der Waals surface area contributed by atoms with Crippen molar-refractivity contribution in [1.29, 1.82) is 0 Å². The van der Waals surface area contributed by atoms with Crippen molar-refractivity contribution in [3.05, 3.63) is 34.3 Å². The fraction of sp³-hybridized carbons (Fsp3) is 0.400. The molecular formula is C15H17BrN2O4. The summed E-state index contributed by atoms with van der Waals surface area (Å²) in [5.41, 5.74) is 4.88. The number of carbonyl (C=O) groups excluding carboxylic acids is 3. The number of benzene rings is 1. The molecule has 118 valence electrons. The minimum atomic E-state index is -0.577. The molecule has 1 aromatic rings. The van der Waals surface area contributed by atoms with Gasteiger partial charge in [-0.25, -0.2) is 0 Å². The molecule has 1 aliphatic rings. The maximum atomic E-state index is 11.9. The maximum Gasteiger partial charge on any atom is 0.309 e. The minimum absolute atomic E-state index is 0.0948. The predicted octanol–water partition coefficient (Wildman–Crippen LogP) is 1.94. The monoisotopic (exact) mass is 368 g/mol. The van der Waals surface area contributed by atoms with Crippen LogP contribution in [0.1, 0.15) is 36.0 Å². The molecule has 1 saturated carbocycles. The van der Waals surface area contributed by atoms with Gasteiger partial charge in [0, 0.05) is 4.47 Å². The fourth-order valence-corrected chi connectivity index (χ4v) is 2.76. The summed E-state index contributed by atoms with van der Waals surface area (Å²) in [5, 5.41) is 0. The van der Waals surface area contributed by atoms with Crippen LogP contribution in [0.2, 0.25) is 0 Å². The summed E-state index contributed by atoms with van der Waals surface area (Å²) in [6.45, 7) is -0.397. The second-order valence-corrected chi connectivity index (χ2v) is 5.93. The fourth-order valence-electron chi connectivity index (χ4n) is 2.29. The van der Waals surface area contributed by atoms with Crippen molar-refractivity contribution >= 4 is 33.7 Å². The third-order valence-electron chi connectivity index (χ3n) is 3.47. The number of nitrogens with one attached hydrogen (secondary N) is 2. The molecule has 22 heavy (non-hydrogen) atoms. The largest absolute Gasteiger partial charge is 0.455 e. The molecular weight excluding hydrogens is 352 g/mol. The minimum Gasteiger partial charge on any atom is -0.455 e. The molecule has 0 heterocycles. The van der Waals surface area contributed by atoms with Crippen molar-refractivity contribution in [2.45, 2.75) is 25.7 Å². The van der Waals surface area contributed by atoms with Crippen LogP contribution >= 0.6 is 15.9 Å². The van der Waals surface area contributed by atoms with Gasteiger partial charge in [0.15, 0.2) is 6.61 Å². The van der Waals surface area contributed by atoms with E-state index in [4.69, 9.17) is 4.74 Å². The highest BCUT2D eigenvalue weighted by Gasteiger charge is 2.24. The molecule has 0 saturated heterocycles. The smallest absolute Gasteiger partial charge is 0.309 e. The van der Waals surface area contributed by atoms with Crippen molar-refractivity contribution in [3.8, 4) is 0 Å². The van der Waals surface area contributed by atoms with Crippen LogP contribution in [0, 0.1) is 5.92 Å². The van der Waals surface area contributed by atoms with E-state index in [1.54, 1.807) is 24.3 Å². The van der Waals surface area contributed by atoms with Crippen LogP contribution in [0.5, 0.6) is 0 Å². The quantitative estimate of drug-likeness (QED) is 0.628. The van der Waals surface area contributed by atoms with Gasteiger partial charge in [-0.05, 0) is 40.9 Å². The molecule has 1 aliphatic carbocycles. The maximum absolute atomic E-state index is 11.9. The molecule has 0 unspecified atom stereocenters. The van der Waals surface area contributed by atoms with Crippen molar-refractivity contribution in [2.75, 3.05) is 6.61 Å². The molecule has 0 spiro atoms. The summed E-state index contributed by atoms with van der Waals surface area (Å²) in [6.07, 6.45) is 3.68. The molecule has 2 rings (SSSR count). The molecule has 0 bridgehead atoms. The molecule has 0 radical (unpaired) electrons. The highest BCUT2D eigenvalue weighted by atomic mass is 79.9. The lowest BCUT2D eigenvalue weighted by Gasteiger charge is -2.11. The van der Waals surface area contributed by atoms with Crippen LogP contribution in [0.15, 0.2) is 28.7 Å². The van der Waals surface area contributed by atoms with Gasteiger partial charge in [0.05, 0.1) is 11.5 Å². The van der Waals surface area contributed by atoms with E-state index in [2.05, 4.69) is 26.8 Å². The Morgan fingerprint density at radius 3 is 2.50 bits per heavy atom. The van der Waals surface area contributed by atoms with Crippen LogP contribution in [0.4, 0.5) is 0 Å². The molecule has 7 heteroatoms. The molecule has 1 fully saturated rings. The van der Waals surface area contributed by atoms with E-state index >= 15 is 0 Å². The summed E-state index contributed by atoms with van der Waals surface area (Å²) >= 11 is 3.25. The molecule has 6 nitrogen and oxygen atoms in total. The van der Waals surface area contributed by atoms with Crippen LogP contribution in [-0.4, -0.2) is 24.4 Å². The number of rotatable bonds is 4. The lowest BCUT2D eigenvalue weighted by molar-refractivity contribution is -0.152. The van der Waals surface area contributed by atoms with Gasteiger partial charge in [0.2, 0.25) is 0 Å². The predicted molar refractivity (Wildman–Crippen MR) is 82.7 cm³/mol. The first-order valence-electron chi connectivity index (χ1n) is 7.08. The highest BCUT2D eigenvalue weighted by Crippen LogP contribution is 2.25. The number of ether oxygens (including phenoxy) is 1. The van der Waals surface area contributed by atoms with Gasteiger partial charge in [-0.1, -0.05) is 25.0 Å². The summed E-state index contributed by atoms with van der Waals surface area (Å²) in [4.78, 5) is 35.1. The van der Waals surface area contributed by atoms with Gasteiger partial charge in [-0.3, -0.25) is 25.2 Å². The van der Waals surface area contributed by atoms with E-state index in [1.165, 1.54) is 0 Å². The average Bonchev–Trinajstić information content (AvgIpc) is 3.05. The van der Waals surface area contributed by atoms with Gasteiger partial charge < -0.3 is 4.74 Å². The zero-order valence-electron chi connectivity index (χ0n) is 11.9. The Labute approximate surface area is 136 Å². The van der Waals surface area contributed by atoms with Gasteiger partial charge in [0.25, 0.3) is 11.8 Å². The third-order valence-corrected chi connectivity index (χ3v) is 4.16. The van der Waals surface area contributed by atoms with Gasteiger partial charge >= 0.3 is 5.97 Å². The Hall–Kier alpha value is -1.89. The Kier molecular flexibility index (Phi) is 5.94.